The van der Waals surface area contributed by atoms with Crippen LogP contribution in [0.4, 0.5) is 5.00 Å². The molecule has 1 aromatic heterocycles. The van der Waals surface area contributed by atoms with Gasteiger partial charge in [-0.05, 0) is 6.92 Å². The third-order valence-electron chi connectivity index (χ3n) is 1.16. The van der Waals surface area contributed by atoms with E-state index in [1.54, 1.807) is 0 Å². The summed E-state index contributed by atoms with van der Waals surface area (Å²) in [6.45, 7) is 1.53. The van der Waals surface area contributed by atoms with Crippen LogP contribution in [-0.2, 0) is 11.2 Å². The van der Waals surface area contributed by atoms with Gasteiger partial charge in [-0.25, -0.2) is 0 Å². The van der Waals surface area contributed by atoms with Crippen LogP contribution in [0.1, 0.15) is 5.69 Å². The topological polar surface area (TPSA) is 79.1 Å². The summed E-state index contributed by atoms with van der Waals surface area (Å²) in [5, 5.41) is 10.3. The van der Waals surface area contributed by atoms with Crippen molar-refractivity contribution in [2.75, 3.05) is 6.26 Å². The molecular formula is C5H6N2O3S2. The van der Waals surface area contributed by atoms with Crippen molar-refractivity contribution in [2.24, 2.45) is 0 Å². The monoisotopic (exact) mass is 206 g/mol. The van der Waals surface area contributed by atoms with E-state index in [-0.39, 0.29) is 5.00 Å². The fraction of sp³-hybridized carbons (Fsp3) is 0.400. The highest BCUT2D eigenvalue weighted by Gasteiger charge is 2.22. The molecule has 0 aliphatic rings. The summed E-state index contributed by atoms with van der Waals surface area (Å²) in [6, 6.07) is 0. The zero-order valence-corrected chi connectivity index (χ0v) is 8.07. The van der Waals surface area contributed by atoms with Gasteiger partial charge in [-0.2, -0.15) is 4.98 Å². The highest BCUT2D eigenvalue weighted by molar-refractivity contribution is 7.92. The molecule has 0 amide bonds. The molecule has 7 heteroatoms. The second-order valence-electron chi connectivity index (χ2n) is 2.08. The average molecular weight is 206 g/mol. The Labute approximate surface area is 75.8 Å². The number of rotatable bonds is 2. The van der Waals surface area contributed by atoms with Crippen molar-refractivity contribution in [3.8, 4) is 0 Å². The van der Waals surface area contributed by atoms with Crippen LogP contribution in [-0.4, -0.2) is 20.7 Å². The first-order valence-corrected chi connectivity index (χ1v) is 5.35. The molecule has 5 nitrogen and oxygen atoms in total. The van der Waals surface area contributed by atoms with Gasteiger partial charge < -0.3 is 4.55 Å². The molecule has 12 heavy (non-hydrogen) atoms. The summed E-state index contributed by atoms with van der Waals surface area (Å²) in [4.78, 5) is 13.6. The van der Waals surface area contributed by atoms with Crippen molar-refractivity contribution in [3.63, 3.8) is 0 Å². The van der Waals surface area contributed by atoms with E-state index >= 15 is 0 Å². The Balaban J connectivity index is 3.09. The average Bonchev–Trinajstić information content (AvgIpc) is 2.30. The molecule has 0 aromatic carbocycles. The number of nitrogens with zero attached hydrogens (tertiary/aromatic N) is 2. The maximum atomic E-state index is 10.9. The minimum Gasteiger partial charge on any atom is -0.610 e. The molecule has 0 bridgehead atoms. The zero-order valence-electron chi connectivity index (χ0n) is 6.44. The summed E-state index contributed by atoms with van der Waals surface area (Å²) < 4.78 is 11.2. The van der Waals surface area contributed by atoms with Gasteiger partial charge in [0.05, 0.1) is 4.92 Å². The molecule has 66 valence electrons. The van der Waals surface area contributed by atoms with Crippen LogP contribution in [0.5, 0.6) is 0 Å². The molecule has 0 radical (unpaired) electrons. The normalized spacial score (nSPS) is 12.9. The first-order chi connectivity index (χ1) is 5.52. The van der Waals surface area contributed by atoms with Crippen LogP contribution in [0.15, 0.2) is 4.34 Å². The first kappa shape index (κ1) is 9.43. The SMILES string of the molecule is Cc1nc([S+](C)[O-])sc1[N+](=O)[O-]. The van der Waals surface area contributed by atoms with Crippen LogP contribution in [0, 0.1) is 17.0 Å². The molecule has 1 unspecified atom stereocenters. The van der Waals surface area contributed by atoms with Gasteiger partial charge in [0.1, 0.15) is 11.9 Å². The van der Waals surface area contributed by atoms with Gasteiger partial charge >= 0.3 is 9.34 Å². The largest absolute Gasteiger partial charge is 0.610 e. The van der Waals surface area contributed by atoms with Gasteiger partial charge in [0.2, 0.25) is 0 Å². The zero-order chi connectivity index (χ0) is 9.30. The van der Waals surface area contributed by atoms with E-state index in [4.69, 9.17) is 0 Å². The highest BCUT2D eigenvalue weighted by atomic mass is 32.2. The number of thiazole rings is 1. The lowest BCUT2D eigenvalue weighted by Gasteiger charge is -1.94. The molecule has 1 heterocycles. The number of aryl methyl sites for hydroxylation is 1. The van der Waals surface area contributed by atoms with E-state index in [0.29, 0.717) is 10.0 Å². The molecule has 0 aliphatic carbocycles. The lowest BCUT2D eigenvalue weighted by Crippen LogP contribution is -1.95. The van der Waals surface area contributed by atoms with Crippen molar-refractivity contribution in [1.29, 1.82) is 0 Å². The third-order valence-corrected chi connectivity index (χ3v) is 3.61. The molecule has 0 N–H and O–H groups in total. The lowest BCUT2D eigenvalue weighted by molar-refractivity contribution is -0.380. The second-order valence-corrected chi connectivity index (χ2v) is 4.61. The molecule has 0 fully saturated rings. The van der Waals surface area contributed by atoms with Gasteiger partial charge in [-0.15, -0.1) is 0 Å². The molecule has 0 aliphatic heterocycles. The number of aromatic nitrogens is 1. The van der Waals surface area contributed by atoms with Crippen LogP contribution in [0.2, 0.25) is 0 Å². The summed E-state index contributed by atoms with van der Waals surface area (Å²) in [6.07, 6.45) is 1.45. The van der Waals surface area contributed by atoms with Crippen molar-refractivity contribution in [2.45, 2.75) is 11.3 Å². The molecule has 1 rings (SSSR count). The third kappa shape index (κ3) is 1.74. The van der Waals surface area contributed by atoms with Gasteiger partial charge in [0.15, 0.2) is 0 Å². The van der Waals surface area contributed by atoms with Gasteiger partial charge in [-0.1, -0.05) is 0 Å². The van der Waals surface area contributed by atoms with E-state index in [0.717, 1.165) is 11.3 Å². The fourth-order valence-electron chi connectivity index (χ4n) is 0.656. The number of hydrogen-bond donors (Lipinski definition) is 0. The van der Waals surface area contributed by atoms with Crippen LogP contribution in [0.3, 0.4) is 0 Å². The number of nitro groups is 1. The molecule has 0 saturated carbocycles. The second kappa shape index (κ2) is 3.38. The maximum Gasteiger partial charge on any atom is 0.351 e. The van der Waals surface area contributed by atoms with Crippen molar-refractivity contribution >= 4 is 27.5 Å². The summed E-state index contributed by atoms with van der Waals surface area (Å²) >= 11 is -0.367. The standard InChI is InChI=1S/C5H6N2O3S2/c1-3-4(7(8)9)11-5(6-3)12(2)10/h1-2H3. The van der Waals surface area contributed by atoms with Gasteiger partial charge in [-0.3, -0.25) is 10.1 Å². The van der Waals surface area contributed by atoms with E-state index in [9.17, 15) is 14.7 Å². The predicted molar refractivity (Wildman–Crippen MR) is 45.8 cm³/mol. The minimum atomic E-state index is -1.23. The van der Waals surface area contributed by atoms with E-state index in [2.05, 4.69) is 4.98 Å². The smallest absolute Gasteiger partial charge is 0.351 e. The molecule has 0 saturated heterocycles. The summed E-state index contributed by atoms with van der Waals surface area (Å²) in [5.41, 5.74) is 0.329. The van der Waals surface area contributed by atoms with Crippen LogP contribution >= 0.6 is 11.3 Å². The van der Waals surface area contributed by atoms with Crippen molar-refractivity contribution < 1.29 is 9.48 Å². The Hall–Kier alpha value is -0.660. The van der Waals surface area contributed by atoms with Crippen LogP contribution < -0.4 is 0 Å². The van der Waals surface area contributed by atoms with Gasteiger partial charge in [0.25, 0.3) is 0 Å². The Kier molecular flexibility index (Phi) is 2.65. The first-order valence-electron chi connectivity index (χ1n) is 2.97. The minimum absolute atomic E-state index is 0.0276. The molecular weight excluding hydrogens is 200 g/mol. The molecule has 1 aromatic rings. The summed E-state index contributed by atoms with van der Waals surface area (Å²) in [5.74, 6) is 0. The quantitative estimate of drug-likeness (QED) is 0.412. The highest BCUT2D eigenvalue weighted by Crippen LogP contribution is 2.28. The van der Waals surface area contributed by atoms with E-state index in [1.165, 1.54) is 13.2 Å². The Morgan fingerprint density at radius 2 is 2.25 bits per heavy atom. The summed E-state index contributed by atoms with van der Waals surface area (Å²) in [7, 11) is 0. The number of hydrogen-bond acceptors (Lipinski definition) is 5. The molecule has 0 spiro atoms. The Morgan fingerprint density at radius 3 is 2.50 bits per heavy atom. The Bertz CT molecular complexity index is 310. The van der Waals surface area contributed by atoms with Crippen molar-refractivity contribution in [1.82, 2.24) is 4.98 Å². The van der Waals surface area contributed by atoms with E-state index < -0.39 is 16.1 Å². The fourth-order valence-corrected chi connectivity index (χ4v) is 2.24. The molecule has 1 atom stereocenters. The van der Waals surface area contributed by atoms with Crippen LogP contribution in [0.25, 0.3) is 0 Å². The Morgan fingerprint density at radius 1 is 1.67 bits per heavy atom. The predicted octanol–water partition coefficient (Wildman–Crippen LogP) is 1.10. The maximum absolute atomic E-state index is 10.9. The van der Waals surface area contributed by atoms with Crippen molar-refractivity contribution in [3.05, 3.63) is 15.8 Å². The van der Waals surface area contributed by atoms with Gasteiger partial charge in [0, 0.05) is 22.5 Å². The van der Waals surface area contributed by atoms with E-state index in [1.807, 2.05) is 0 Å². The lowest BCUT2D eigenvalue weighted by atomic mass is 10.5.